The maximum absolute atomic E-state index is 11.8. The van der Waals surface area contributed by atoms with Gasteiger partial charge in [-0.15, -0.1) is 0 Å². The molecule has 0 aromatic heterocycles. The molecule has 1 aliphatic rings. The lowest BCUT2D eigenvalue weighted by Gasteiger charge is -2.22. The van der Waals surface area contributed by atoms with Crippen LogP contribution in [0.1, 0.15) is 51.9 Å². The van der Waals surface area contributed by atoms with Gasteiger partial charge in [0.05, 0.1) is 6.42 Å². The molecular formula is C16H24O6. The van der Waals surface area contributed by atoms with Gasteiger partial charge in [0.2, 0.25) is 0 Å². The van der Waals surface area contributed by atoms with Gasteiger partial charge in [-0.2, -0.15) is 0 Å². The van der Waals surface area contributed by atoms with Crippen molar-refractivity contribution >= 4 is 17.9 Å². The minimum Gasteiger partial charge on any atom is -0.479 e. The third kappa shape index (κ3) is 6.74. The van der Waals surface area contributed by atoms with E-state index in [-0.39, 0.29) is 18.1 Å². The van der Waals surface area contributed by atoms with Crippen molar-refractivity contribution < 1.29 is 29.0 Å². The third-order valence-electron chi connectivity index (χ3n) is 3.85. The number of ether oxygens (including phenoxy) is 2. The van der Waals surface area contributed by atoms with Crippen LogP contribution in [0, 0.1) is 5.92 Å². The maximum Gasteiger partial charge on any atom is 0.341 e. The Bertz CT molecular complexity index is 420. The molecule has 124 valence electrons. The van der Waals surface area contributed by atoms with Gasteiger partial charge in [-0.3, -0.25) is 4.79 Å². The van der Waals surface area contributed by atoms with Gasteiger partial charge in [0.25, 0.3) is 0 Å². The molecule has 0 aromatic carbocycles. The highest BCUT2D eigenvalue weighted by atomic mass is 16.6. The van der Waals surface area contributed by atoms with Gasteiger partial charge in [0.1, 0.15) is 6.10 Å². The Morgan fingerprint density at radius 2 is 1.77 bits per heavy atom. The van der Waals surface area contributed by atoms with Crippen LogP contribution < -0.4 is 0 Å². The fourth-order valence-corrected chi connectivity index (χ4v) is 2.60. The Kier molecular flexibility index (Phi) is 7.63. The molecule has 1 atom stereocenters. The van der Waals surface area contributed by atoms with Crippen LogP contribution in [0.15, 0.2) is 12.2 Å². The first kappa shape index (κ1) is 18.2. The summed E-state index contributed by atoms with van der Waals surface area (Å²) in [6, 6.07) is 0. The molecule has 0 radical (unpaired) electrons. The van der Waals surface area contributed by atoms with Crippen LogP contribution in [0.4, 0.5) is 0 Å². The van der Waals surface area contributed by atoms with Gasteiger partial charge >= 0.3 is 17.9 Å². The number of hydrogen-bond donors (Lipinski definition) is 1. The normalized spacial score (nSPS) is 17.1. The van der Waals surface area contributed by atoms with E-state index in [1.807, 2.05) is 6.92 Å². The summed E-state index contributed by atoms with van der Waals surface area (Å²) in [6.45, 7) is 4.57. The predicted molar refractivity (Wildman–Crippen MR) is 79.1 cm³/mol. The lowest BCUT2D eigenvalue weighted by Crippen LogP contribution is -2.25. The molecule has 0 heterocycles. The van der Waals surface area contributed by atoms with Crippen LogP contribution in [-0.4, -0.2) is 35.7 Å². The second-order valence-corrected chi connectivity index (χ2v) is 5.70. The van der Waals surface area contributed by atoms with Crippen LogP contribution in [0.3, 0.4) is 0 Å². The molecule has 1 fully saturated rings. The molecule has 0 spiro atoms. The Balaban J connectivity index is 2.36. The zero-order valence-corrected chi connectivity index (χ0v) is 13.0. The molecular weight excluding hydrogens is 288 g/mol. The van der Waals surface area contributed by atoms with Crippen molar-refractivity contribution in [3.05, 3.63) is 12.2 Å². The summed E-state index contributed by atoms with van der Waals surface area (Å²) in [4.78, 5) is 33.5. The Morgan fingerprint density at radius 1 is 1.18 bits per heavy atom. The smallest absolute Gasteiger partial charge is 0.341 e. The van der Waals surface area contributed by atoms with E-state index >= 15 is 0 Å². The molecule has 1 unspecified atom stereocenters. The summed E-state index contributed by atoms with van der Waals surface area (Å²) in [5, 5.41) is 8.41. The number of esters is 2. The predicted octanol–water partition coefficient (Wildman–Crippen LogP) is 2.46. The second kappa shape index (κ2) is 9.23. The van der Waals surface area contributed by atoms with Gasteiger partial charge < -0.3 is 14.6 Å². The second-order valence-electron chi connectivity index (χ2n) is 5.70. The SMILES string of the molecule is C=C(CC(=O)OC(C)C1CCCCCC1)C(=O)OCC(=O)O. The minimum atomic E-state index is -1.26. The average molecular weight is 312 g/mol. The standard InChI is InChI=1S/C16H24O6/c1-11(16(20)21-10-14(17)18)9-15(19)22-12(2)13-7-5-3-4-6-8-13/h12-13H,1,3-10H2,2H3,(H,17,18). The van der Waals surface area contributed by atoms with E-state index in [1.54, 1.807) is 0 Å². The summed E-state index contributed by atoms with van der Waals surface area (Å²) in [6.07, 6.45) is 6.39. The molecule has 0 aliphatic heterocycles. The van der Waals surface area contributed by atoms with Crippen molar-refractivity contribution in [3.8, 4) is 0 Å². The number of aliphatic carboxylic acids is 1. The van der Waals surface area contributed by atoms with Crippen molar-refractivity contribution in [1.29, 1.82) is 0 Å². The number of carboxylic acid groups (broad SMARTS) is 1. The van der Waals surface area contributed by atoms with Crippen LogP contribution >= 0.6 is 0 Å². The molecule has 1 N–H and O–H groups in total. The van der Waals surface area contributed by atoms with Gasteiger partial charge in [-0.1, -0.05) is 32.3 Å². The lowest BCUT2D eigenvalue weighted by molar-refractivity contribution is -0.154. The fraction of sp³-hybridized carbons (Fsp3) is 0.688. The monoisotopic (exact) mass is 312 g/mol. The summed E-state index contributed by atoms with van der Waals surface area (Å²) in [7, 11) is 0. The number of carbonyl (C=O) groups excluding carboxylic acids is 2. The topological polar surface area (TPSA) is 89.9 Å². The molecule has 0 aromatic rings. The summed E-state index contributed by atoms with van der Waals surface area (Å²) in [5.41, 5.74) is -0.0979. The molecule has 6 heteroatoms. The van der Waals surface area contributed by atoms with E-state index in [2.05, 4.69) is 11.3 Å². The van der Waals surface area contributed by atoms with E-state index in [0.717, 1.165) is 25.7 Å². The van der Waals surface area contributed by atoms with Gasteiger partial charge in [0, 0.05) is 5.57 Å². The van der Waals surface area contributed by atoms with Crippen molar-refractivity contribution in [2.75, 3.05) is 6.61 Å². The molecule has 22 heavy (non-hydrogen) atoms. The van der Waals surface area contributed by atoms with Crippen molar-refractivity contribution in [1.82, 2.24) is 0 Å². The van der Waals surface area contributed by atoms with Gasteiger partial charge in [-0.05, 0) is 25.7 Å². The van der Waals surface area contributed by atoms with Crippen LogP contribution in [0.25, 0.3) is 0 Å². The first-order chi connectivity index (χ1) is 10.4. The zero-order chi connectivity index (χ0) is 16.5. The number of hydrogen-bond acceptors (Lipinski definition) is 5. The Hall–Kier alpha value is -1.85. The number of carboxylic acids is 1. The average Bonchev–Trinajstić information content (AvgIpc) is 2.73. The largest absolute Gasteiger partial charge is 0.479 e. The van der Waals surface area contributed by atoms with E-state index in [4.69, 9.17) is 9.84 Å². The summed E-state index contributed by atoms with van der Waals surface area (Å²) < 4.78 is 9.83. The fourth-order valence-electron chi connectivity index (χ4n) is 2.60. The first-order valence-corrected chi connectivity index (χ1v) is 7.66. The first-order valence-electron chi connectivity index (χ1n) is 7.66. The van der Waals surface area contributed by atoms with E-state index in [9.17, 15) is 14.4 Å². The summed E-state index contributed by atoms with van der Waals surface area (Å²) in [5.74, 6) is -2.32. The minimum absolute atomic E-state index is 0.0979. The summed E-state index contributed by atoms with van der Waals surface area (Å²) >= 11 is 0. The Morgan fingerprint density at radius 3 is 2.32 bits per heavy atom. The third-order valence-corrected chi connectivity index (χ3v) is 3.85. The zero-order valence-electron chi connectivity index (χ0n) is 13.0. The van der Waals surface area contributed by atoms with Crippen LogP contribution in [-0.2, 0) is 23.9 Å². The lowest BCUT2D eigenvalue weighted by atomic mass is 9.95. The van der Waals surface area contributed by atoms with Gasteiger partial charge in [-0.25, -0.2) is 9.59 Å². The highest BCUT2D eigenvalue weighted by Crippen LogP contribution is 2.27. The van der Waals surface area contributed by atoms with Crippen LogP contribution in [0.2, 0.25) is 0 Å². The quantitative estimate of drug-likeness (QED) is 0.441. The molecule has 1 aliphatic carbocycles. The van der Waals surface area contributed by atoms with Crippen molar-refractivity contribution in [2.24, 2.45) is 5.92 Å². The van der Waals surface area contributed by atoms with Crippen LogP contribution in [0.5, 0.6) is 0 Å². The molecule has 6 nitrogen and oxygen atoms in total. The number of carbonyl (C=O) groups is 3. The highest BCUT2D eigenvalue weighted by Gasteiger charge is 2.23. The molecule has 0 bridgehead atoms. The van der Waals surface area contributed by atoms with Crippen molar-refractivity contribution in [2.45, 2.75) is 58.0 Å². The molecule has 0 amide bonds. The van der Waals surface area contributed by atoms with E-state index < -0.39 is 24.5 Å². The highest BCUT2D eigenvalue weighted by molar-refractivity contribution is 5.94. The molecule has 1 saturated carbocycles. The van der Waals surface area contributed by atoms with Crippen molar-refractivity contribution in [3.63, 3.8) is 0 Å². The van der Waals surface area contributed by atoms with E-state index in [1.165, 1.54) is 12.8 Å². The molecule has 1 rings (SSSR count). The van der Waals surface area contributed by atoms with Gasteiger partial charge in [0.15, 0.2) is 6.61 Å². The maximum atomic E-state index is 11.8. The number of rotatable bonds is 7. The molecule has 0 saturated heterocycles. The Labute approximate surface area is 130 Å². The van der Waals surface area contributed by atoms with E-state index in [0.29, 0.717) is 5.92 Å².